The lowest BCUT2D eigenvalue weighted by atomic mass is 10.4. The molecule has 0 aliphatic carbocycles. The van der Waals surface area contributed by atoms with Crippen molar-refractivity contribution in [2.24, 2.45) is 0 Å². The summed E-state index contributed by atoms with van der Waals surface area (Å²) in [6.07, 6.45) is 0. The van der Waals surface area contributed by atoms with Crippen molar-refractivity contribution in [2.45, 2.75) is 9.79 Å². The molecule has 0 N–H and O–H groups in total. The Hall–Kier alpha value is 0.420. The molecule has 0 aliphatic rings. The van der Waals surface area contributed by atoms with Crippen LogP contribution in [0.4, 0.5) is 31.1 Å². The Bertz CT molecular complexity index is 512. The summed E-state index contributed by atoms with van der Waals surface area (Å²) >= 11 is 2.28. The molecule has 0 saturated heterocycles. The van der Waals surface area contributed by atoms with E-state index in [0.717, 1.165) is 0 Å². The highest BCUT2D eigenvalue weighted by Crippen LogP contribution is 3.07. The largest absolute Gasteiger partial charge is 0.253 e. The highest BCUT2D eigenvalue weighted by molar-refractivity contribution is 9.10. The van der Waals surface area contributed by atoms with Gasteiger partial charge in [-0.2, -0.15) is 0 Å². The van der Waals surface area contributed by atoms with Gasteiger partial charge < -0.3 is 0 Å². The first-order chi connectivity index (χ1) is 7.58. The zero-order valence-electron chi connectivity index (χ0n) is 8.21. The minimum absolute atomic E-state index is 0.0432. The lowest BCUT2D eigenvalue weighted by Gasteiger charge is -2.46. The van der Waals surface area contributed by atoms with Crippen LogP contribution in [0.2, 0.25) is 0 Å². The lowest BCUT2D eigenvalue weighted by molar-refractivity contribution is 0.474. The maximum Gasteiger partial charge on any atom is 0.253 e. The molecule has 0 unspecified atom stereocenters. The Morgan fingerprint density at radius 3 is 1.16 bits per heavy atom. The van der Waals surface area contributed by atoms with E-state index in [1.165, 1.54) is 0 Å². The Morgan fingerprint density at radius 2 is 0.947 bits per heavy atom. The number of rotatable bonds is 2. The fraction of sp³-hybridized carbons (Fsp3) is 0. The normalized spacial score (nSPS) is 21.0. The zero-order valence-corrected chi connectivity index (χ0v) is 12.9. The predicted octanol–water partition coefficient (Wildman–Crippen LogP) is 8.30. The van der Waals surface area contributed by atoms with Crippen LogP contribution in [-0.2, 0) is 0 Å². The number of hydrogen-bond acceptors (Lipinski definition) is 0. The van der Waals surface area contributed by atoms with Crippen LogP contribution < -0.4 is 0 Å². The smallest absolute Gasteiger partial charge is 0.107 e. The third-order valence-corrected chi connectivity index (χ3v) is 5.52. The van der Waals surface area contributed by atoms with Crippen molar-refractivity contribution >= 4 is 55.4 Å². The van der Waals surface area contributed by atoms with Crippen LogP contribution in [0.15, 0.2) is 32.5 Å². The van der Waals surface area contributed by atoms with Gasteiger partial charge in [0.2, 0.25) is 0 Å². The van der Waals surface area contributed by atoms with Gasteiger partial charge >= 0.3 is 0 Å². The molecule has 0 aromatic heterocycles. The Morgan fingerprint density at radius 1 is 0.684 bits per heavy atom. The van der Waals surface area contributed by atoms with Crippen molar-refractivity contribution < 1.29 is 31.1 Å². The first-order valence-electron chi connectivity index (χ1n) is 3.87. The first kappa shape index (κ1) is 17.5. The van der Waals surface area contributed by atoms with Gasteiger partial charge in [-0.15, -0.1) is 31.1 Å². The third-order valence-electron chi connectivity index (χ3n) is 1.74. The van der Waals surface area contributed by atoms with Crippen molar-refractivity contribution in [1.82, 2.24) is 0 Å². The summed E-state index contributed by atoms with van der Waals surface area (Å²) in [4.78, 5) is -4.91. The van der Waals surface area contributed by atoms with Crippen molar-refractivity contribution in [1.29, 1.82) is 0 Å². The van der Waals surface area contributed by atoms with E-state index >= 15 is 0 Å². The van der Waals surface area contributed by atoms with Gasteiger partial charge in [0.25, 0.3) is 18.1 Å². The second-order valence-corrected chi connectivity index (χ2v) is 13.0. The SMILES string of the molecule is FS(F)(F)(F)(Cl)c1cc(Br)cc(S(F)(F)(F)(F)Cl)c1. The molecule has 116 valence electrons. The van der Waals surface area contributed by atoms with Crippen molar-refractivity contribution in [2.75, 3.05) is 0 Å². The molecule has 0 fully saturated rings. The molecule has 13 heteroatoms. The monoisotopic (exact) mass is 440 g/mol. The summed E-state index contributed by atoms with van der Waals surface area (Å²) in [5.74, 6) is 0. The maximum absolute atomic E-state index is 12.8. The van der Waals surface area contributed by atoms with E-state index < -0.39 is 38.4 Å². The zero-order chi connectivity index (χ0) is 15.7. The molecule has 0 amide bonds. The fourth-order valence-corrected chi connectivity index (χ4v) is 3.79. The Balaban J connectivity index is 3.79. The van der Waals surface area contributed by atoms with E-state index in [1.54, 1.807) is 0 Å². The minimum atomic E-state index is -9.42. The second kappa shape index (κ2) is 3.11. The fourth-order valence-electron chi connectivity index (χ4n) is 0.982. The van der Waals surface area contributed by atoms with Gasteiger partial charge in [0.05, 0.1) is 9.79 Å². The summed E-state index contributed by atoms with van der Waals surface area (Å²) < 4.78 is 102. The van der Waals surface area contributed by atoms with Crippen LogP contribution >= 0.6 is 55.4 Å². The Labute approximate surface area is 119 Å². The molecule has 0 saturated carbocycles. The Kier molecular flexibility index (Phi) is 2.86. The molecular formula is C6H3BrCl2F8S2. The van der Waals surface area contributed by atoms with E-state index in [1.807, 2.05) is 0 Å². The van der Waals surface area contributed by atoms with E-state index in [2.05, 4.69) is 37.3 Å². The van der Waals surface area contributed by atoms with E-state index in [4.69, 9.17) is 0 Å². The van der Waals surface area contributed by atoms with Crippen LogP contribution in [0.5, 0.6) is 0 Å². The summed E-state index contributed by atoms with van der Waals surface area (Å²) in [5, 5.41) is 0. The third kappa shape index (κ3) is 4.73. The molecular weight excluding hydrogens is 439 g/mol. The number of halogens is 11. The van der Waals surface area contributed by atoms with Crippen molar-refractivity contribution in [3.8, 4) is 0 Å². The van der Waals surface area contributed by atoms with Crippen LogP contribution in [0.3, 0.4) is 0 Å². The van der Waals surface area contributed by atoms with E-state index in [0.29, 0.717) is 0 Å². The highest BCUT2D eigenvalue weighted by atomic mass is 79.9. The summed E-state index contributed by atoms with van der Waals surface area (Å²) in [7, 11) is -11.1. The van der Waals surface area contributed by atoms with Gasteiger partial charge in [-0.05, 0) is 18.2 Å². The maximum atomic E-state index is 12.8. The standard InChI is InChI=1S/C6H3BrCl2F8S2/c7-4-1-5(18(8,10,11,12)13)3-6(2-4)19(9,14,15,16)17/h1-3H. The molecule has 0 atom stereocenters. The number of hydrogen-bond donors (Lipinski definition) is 0. The average molecular weight is 442 g/mol. The van der Waals surface area contributed by atoms with Crippen LogP contribution in [0.25, 0.3) is 0 Å². The average Bonchev–Trinajstić information content (AvgIpc) is 1.93. The van der Waals surface area contributed by atoms with Crippen molar-refractivity contribution in [3.63, 3.8) is 0 Å². The lowest BCUT2D eigenvalue weighted by Crippen LogP contribution is -2.09. The van der Waals surface area contributed by atoms with Crippen LogP contribution in [0, 0.1) is 0 Å². The van der Waals surface area contributed by atoms with Crippen LogP contribution in [-0.4, -0.2) is 0 Å². The molecule has 0 heterocycles. The second-order valence-electron chi connectivity index (χ2n) is 3.56. The van der Waals surface area contributed by atoms with Gasteiger partial charge in [-0.25, -0.2) is 0 Å². The molecule has 0 radical (unpaired) electrons. The van der Waals surface area contributed by atoms with Gasteiger partial charge in [0.1, 0.15) is 0 Å². The molecule has 1 aromatic rings. The quantitative estimate of drug-likeness (QED) is 0.405. The van der Waals surface area contributed by atoms with Gasteiger partial charge in [0.15, 0.2) is 0 Å². The highest BCUT2D eigenvalue weighted by Gasteiger charge is 2.67. The van der Waals surface area contributed by atoms with Crippen LogP contribution in [0.1, 0.15) is 0 Å². The van der Waals surface area contributed by atoms with E-state index in [-0.39, 0.29) is 12.1 Å². The van der Waals surface area contributed by atoms with Gasteiger partial charge in [0, 0.05) is 25.8 Å². The predicted molar refractivity (Wildman–Crippen MR) is 66.4 cm³/mol. The molecule has 0 aliphatic heterocycles. The van der Waals surface area contributed by atoms with E-state index in [9.17, 15) is 31.1 Å². The molecule has 1 rings (SSSR count). The molecule has 0 nitrogen and oxygen atoms in total. The minimum Gasteiger partial charge on any atom is -0.107 e. The topological polar surface area (TPSA) is 0 Å². The van der Waals surface area contributed by atoms with Gasteiger partial charge in [-0.3, -0.25) is 0 Å². The van der Waals surface area contributed by atoms with Gasteiger partial charge in [-0.1, -0.05) is 15.9 Å². The molecule has 1 aromatic carbocycles. The first-order valence-corrected chi connectivity index (χ1v) is 10.4. The molecule has 0 spiro atoms. The molecule has 19 heavy (non-hydrogen) atoms. The summed E-state index contributed by atoms with van der Waals surface area (Å²) in [6, 6.07) is -0.884. The molecule has 0 bridgehead atoms. The van der Waals surface area contributed by atoms with Crippen molar-refractivity contribution in [3.05, 3.63) is 22.7 Å². The summed E-state index contributed by atoms with van der Waals surface area (Å²) in [5.41, 5.74) is 0. The summed E-state index contributed by atoms with van der Waals surface area (Å²) in [6.45, 7) is 0. The number of benzene rings is 1.